The van der Waals surface area contributed by atoms with E-state index in [2.05, 4.69) is 52.8 Å². The van der Waals surface area contributed by atoms with E-state index in [-0.39, 0.29) is 38.5 Å². The average Bonchev–Trinajstić information content (AvgIpc) is 4.37. The van der Waals surface area contributed by atoms with Gasteiger partial charge in [0, 0.05) is 79.8 Å². The topological polar surface area (TPSA) is 247 Å². The molecule has 10 rings (SSSR count). The SMILES string of the molecule is C.C.CNC(=O)c1ccc(-c2cnn3ccc(C(=O)N(CC4CC4)c4ccc(C#N)cn4)cc23)cc1.CNC(=O)c1ccc(B(O)O)cc1.N#Cc1ccc(N(CC2CC2)C(=O)c2ccn3ncc(Br)c3c2)nc1. The molecule has 0 saturated heterocycles. The molecule has 2 fully saturated rings. The van der Waals surface area contributed by atoms with Crippen molar-refractivity contribution in [2.24, 2.45) is 11.8 Å². The third kappa shape index (κ3) is 13.1. The largest absolute Gasteiger partial charge is 0.488 e. The molecule has 8 aromatic rings. The van der Waals surface area contributed by atoms with Gasteiger partial charge < -0.3 is 20.7 Å². The predicted molar refractivity (Wildman–Crippen MR) is 287 cm³/mol. The molecule has 6 heterocycles. The number of hydrogen-bond donors (Lipinski definition) is 4. The molecule has 0 spiro atoms. The van der Waals surface area contributed by atoms with Crippen LogP contribution in [0.1, 0.15) is 93.1 Å². The molecule has 0 radical (unpaired) electrons. The Morgan fingerprint density at radius 3 is 1.50 bits per heavy atom. The number of nitrogens with zero attached hydrogens (tertiary/aromatic N) is 10. The summed E-state index contributed by atoms with van der Waals surface area (Å²) in [4.78, 5) is 61.7. The van der Waals surface area contributed by atoms with E-state index in [1.54, 1.807) is 99.2 Å². The van der Waals surface area contributed by atoms with Crippen LogP contribution in [0.25, 0.3) is 22.2 Å². The molecule has 0 bridgehead atoms. The number of carbonyl (C=O) groups excluding carboxylic acids is 4. The Labute approximate surface area is 437 Å². The first-order valence-electron chi connectivity index (χ1n) is 22.8. The van der Waals surface area contributed by atoms with Gasteiger partial charge in [-0.05, 0) is 137 Å². The number of halogens is 1. The van der Waals surface area contributed by atoms with E-state index < -0.39 is 7.12 Å². The maximum absolute atomic E-state index is 13.6. The monoisotopic (exact) mass is 1060 g/mol. The first-order chi connectivity index (χ1) is 34.9. The number of rotatable bonds is 12. The summed E-state index contributed by atoms with van der Waals surface area (Å²) < 4.78 is 4.28. The lowest BCUT2D eigenvalue weighted by molar-refractivity contribution is 0.0955. The lowest BCUT2D eigenvalue weighted by atomic mass is 9.80. The maximum atomic E-state index is 13.6. The van der Waals surface area contributed by atoms with Crippen LogP contribution in [0, 0.1) is 34.5 Å². The van der Waals surface area contributed by atoms with Crippen molar-refractivity contribution >= 4 is 74.8 Å². The Morgan fingerprint density at radius 1 is 0.635 bits per heavy atom. The summed E-state index contributed by atoms with van der Waals surface area (Å²) >= 11 is 3.45. The molecule has 2 saturated carbocycles. The van der Waals surface area contributed by atoms with Crippen molar-refractivity contribution < 1.29 is 29.2 Å². The highest BCUT2D eigenvalue weighted by molar-refractivity contribution is 9.10. The van der Waals surface area contributed by atoms with Gasteiger partial charge in [0.2, 0.25) is 0 Å². The fraction of sp³-hybridized carbons (Fsp3) is 0.222. The van der Waals surface area contributed by atoms with Crippen molar-refractivity contribution in [3.8, 4) is 23.3 Å². The summed E-state index contributed by atoms with van der Waals surface area (Å²) in [6.45, 7) is 1.24. The summed E-state index contributed by atoms with van der Waals surface area (Å²) in [7, 11) is 1.65. The van der Waals surface area contributed by atoms with Crippen molar-refractivity contribution in [2.75, 3.05) is 37.0 Å². The number of aromatic nitrogens is 6. The zero-order valence-electron chi connectivity index (χ0n) is 39.1. The molecule has 376 valence electrons. The van der Waals surface area contributed by atoms with Crippen LogP contribution in [-0.4, -0.2) is 97.2 Å². The first kappa shape index (κ1) is 54.8. The Bertz CT molecular complexity index is 3340. The van der Waals surface area contributed by atoms with E-state index in [0.29, 0.717) is 75.4 Å². The van der Waals surface area contributed by atoms with Gasteiger partial charge >= 0.3 is 7.12 Å². The summed E-state index contributed by atoms with van der Waals surface area (Å²) in [6, 6.07) is 31.4. The number of pyridine rings is 4. The van der Waals surface area contributed by atoms with Gasteiger partial charge in [-0.3, -0.25) is 29.0 Å². The molecule has 2 aliphatic carbocycles. The molecular weight excluding hydrogens is 1000 g/mol. The van der Waals surface area contributed by atoms with Crippen molar-refractivity contribution in [3.63, 3.8) is 0 Å². The lowest BCUT2D eigenvalue weighted by Gasteiger charge is -2.22. The Morgan fingerprint density at radius 2 is 1.08 bits per heavy atom. The quantitative estimate of drug-likeness (QED) is 0.0895. The smallest absolute Gasteiger partial charge is 0.423 e. The van der Waals surface area contributed by atoms with Crippen molar-refractivity contribution in [2.45, 2.75) is 40.5 Å². The third-order valence-corrected chi connectivity index (χ3v) is 12.6. The number of nitrogens with one attached hydrogen (secondary N) is 2. The van der Waals surface area contributed by atoms with Gasteiger partial charge in [0.15, 0.2) is 0 Å². The van der Waals surface area contributed by atoms with Crippen LogP contribution in [0.2, 0.25) is 0 Å². The molecule has 18 nitrogen and oxygen atoms in total. The normalized spacial score (nSPS) is 12.1. The third-order valence-electron chi connectivity index (χ3n) is 11.9. The minimum absolute atomic E-state index is 0. The zero-order valence-corrected chi connectivity index (χ0v) is 40.6. The number of fused-ring (bicyclic) bond motifs is 2. The number of nitriles is 2. The minimum Gasteiger partial charge on any atom is -0.423 e. The van der Waals surface area contributed by atoms with Crippen LogP contribution in [0.3, 0.4) is 0 Å². The van der Waals surface area contributed by atoms with Gasteiger partial charge in [-0.1, -0.05) is 39.1 Å². The summed E-state index contributed by atoms with van der Waals surface area (Å²) in [5.41, 5.74) is 6.87. The van der Waals surface area contributed by atoms with E-state index in [1.807, 2.05) is 30.3 Å². The van der Waals surface area contributed by atoms with E-state index in [9.17, 15) is 19.2 Å². The number of amides is 4. The molecule has 4 amide bonds. The van der Waals surface area contributed by atoms with E-state index in [4.69, 9.17) is 20.6 Å². The number of anilines is 2. The molecule has 2 aromatic carbocycles. The van der Waals surface area contributed by atoms with Gasteiger partial charge in [0.25, 0.3) is 23.6 Å². The predicted octanol–water partition coefficient (Wildman–Crippen LogP) is 7.10. The first-order valence-corrected chi connectivity index (χ1v) is 23.6. The Balaban J connectivity index is 0.000000196. The Kier molecular flexibility index (Phi) is 18.3. The lowest BCUT2D eigenvalue weighted by Crippen LogP contribution is -2.33. The van der Waals surface area contributed by atoms with Gasteiger partial charge in [-0.2, -0.15) is 20.7 Å². The van der Waals surface area contributed by atoms with E-state index in [0.717, 1.165) is 52.3 Å². The van der Waals surface area contributed by atoms with Crippen LogP contribution in [0.15, 0.2) is 139 Å². The molecule has 0 aliphatic heterocycles. The van der Waals surface area contributed by atoms with E-state index in [1.165, 1.54) is 43.7 Å². The van der Waals surface area contributed by atoms with Crippen LogP contribution >= 0.6 is 15.9 Å². The molecule has 2 aliphatic rings. The summed E-state index contributed by atoms with van der Waals surface area (Å²) in [5, 5.41) is 49.2. The molecule has 4 N–H and O–H groups in total. The summed E-state index contributed by atoms with van der Waals surface area (Å²) in [5.74, 6) is 1.51. The van der Waals surface area contributed by atoms with Gasteiger partial charge in [0.1, 0.15) is 23.8 Å². The van der Waals surface area contributed by atoms with Crippen LogP contribution in [0.4, 0.5) is 11.6 Å². The van der Waals surface area contributed by atoms with Crippen molar-refractivity contribution in [3.05, 3.63) is 172 Å². The molecule has 20 heteroatoms. The second-order valence-corrected chi connectivity index (χ2v) is 17.9. The highest BCUT2D eigenvalue weighted by Crippen LogP contribution is 2.34. The fourth-order valence-corrected chi connectivity index (χ4v) is 7.92. The molecular formula is C54H54BBrN12O6. The second kappa shape index (κ2) is 24.7. The highest BCUT2D eigenvalue weighted by Gasteiger charge is 2.31. The van der Waals surface area contributed by atoms with Gasteiger partial charge in [0.05, 0.1) is 39.0 Å². The number of benzene rings is 2. The zero-order chi connectivity index (χ0) is 50.9. The molecule has 0 atom stereocenters. The molecule has 74 heavy (non-hydrogen) atoms. The van der Waals surface area contributed by atoms with Crippen LogP contribution in [-0.2, 0) is 0 Å². The maximum Gasteiger partial charge on any atom is 0.488 e. The highest BCUT2D eigenvalue weighted by atomic mass is 79.9. The molecule has 0 unspecified atom stereocenters. The van der Waals surface area contributed by atoms with Crippen LogP contribution in [0.5, 0.6) is 0 Å². The number of hydrogen-bond acceptors (Lipinski definition) is 12. The second-order valence-electron chi connectivity index (χ2n) is 17.0. The van der Waals surface area contributed by atoms with Gasteiger partial charge in [-0.25, -0.2) is 19.0 Å². The van der Waals surface area contributed by atoms with Gasteiger partial charge in [-0.15, -0.1) is 0 Å². The van der Waals surface area contributed by atoms with Crippen molar-refractivity contribution in [1.82, 2.24) is 39.8 Å². The minimum atomic E-state index is -1.49. The van der Waals surface area contributed by atoms with E-state index >= 15 is 0 Å². The van der Waals surface area contributed by atoms with Crippen LogP contribution < -0.4 is 25.9 Å². The Hall–Kier alpha value is -8.56. The molecule has 6 aromatic heterocycles. The standard InChI is InChI=1S/C26H22N6O2.C18H14BrN5O.C8H10BNO3.2CH4/c1-28-25(33)20-7-5-19(6-8-20)22-15-30-32-11-10-21(12-23(22)32)26(34)31(16-17-2-3-17)24-9-4-18(13-27)14-29-24;19-15-10-22-24-6-5-14(7-16(15)24)18(25)23(11-12-1-2-12)17-4-3-13(8-20)9-21-17;1-10-8(11)6-2-4-7(5-3-6)9(12)13;;/h4-12,14-15,17H,2-3,16H2,1H3,(H,28,33);3-7,9-10,12H,1-2,11H2;2-5,12-13H,1H3,(H,10,11);2*1H4. The average molecular weight is 1060 g/mol. The summed E-state index contributed by atoms with van der Waals surface area (Å²) in [6.07, 6.45) is 14.4. The fourth-order valence-electron chi connectivity index (χ4n) is 7.53. The number of carbonyl (C=O) groups is 4. The van der Waals surface area contributed by atoms with Crippen molar-refractivity contribution in [1.29, 1.82) is 10.5 Å².